The minimum Gasteiger partial charge on any atom is -0.493 e. The molecule has 2 aliphatic rings. The number of methoxy groups -OCH3 is 4. The maximum atomic E-state index is 13.1. The van der Waals surface area contributed by atoms with Gasteiger partial charge in [0.05, 0.1) is 27.9 Å². The van der Waals surface area contributed by atoms with Gasteiger partial charge in [0, 0.05) is 42.0 Å². The summed E-state index contributed by atoms with van der Waals surface area (Å²) in [5, 5.41) is 0. The number of esters is 1. The van der Waals surface area contributed by atoms with Gasteiger partial charge < -0.3 is 23.7 Å². The highest BCUT2D eigenvalue weighted by Gasteiger charge is 2.44. The fourth-order valence-electron chi connectivity index (χ4n) is 4.33. The van der Waals surface area contributed by atoms with E-state index in [9.17, 15) is 9.59 Å². The summed E-state index contributed by atoms with van der Waals surface area (Å²) in [6.45, 7) is 2.20. The molecular formula is C23H29NO7. The summed E-state index contributed by atoms with van der Waals surface area (Å²) in [5.41, 5.74) is 2.55. The van der Waals surface area contributed by atoms with Crippen molar-refractivity contribution in [1.82, 2.24) is 0 Å². The van der Waals surface area contributed by atoms with Crippen molar-refractivity contribution in [3.8, 4) is 17.2 Å². The summed E-state index contributed by atoms with van der Waals surface area (Å²) in [7, 11) is 6.12. The van der Waals surface area contributed by atoms with Gasteiger partial charge in [-0.3, -0.25) is 14.6 Å². The lowest BCUT2D eigenvalue weighted by Gasteiger charge is -2.35. The number of hydrogen-bond acceptors (Lipinski definition) is 8. The molecule has 0 spiro atoms. The minimum atomic E-state index is -0.760. The first-order valence-electron chi connectivity index (χ1n) is 10.2. The molecular weight excluding hydrogens is 402 g/mol. The molecule has 1 unspecified atom stereocenters. The number of allylic oxidation sites excluding steroid dienone is 2. The molecule has 2 atom stereocenters. The van der Waals surface area contributed by atoms with Gasteiger partial charge in [-0.1, -0.05) is 6.07 Å². The average molecular weight is 431 g/mol. The SMILES string of the molecule is COCCOC(=O)C1C(C)=NC2=C(C(=O)CCC2)[C@@H]1c1ccc(OC)c(OC)c1OC. The van der Waals surface area contributed by atoms with Crippen LogP contribution in [0.1, 0.15) is 37.7 Å². The molecule has 168 valence electrons. The molecule has 0 saturated carbocycles. The Morgan fingerprint density at radius 3 is 2.42 bits per heavy atom. The maximum absolute atomic E-state index is 13.1. The van der Waals surface area contributed by atoms with Crippen LogP contribution in [0.5, 0.6) is 17.2 Å². The van der Waals surface area contributed by atoms with E-state index in [1.54, 1.807) is 13.0 Å². The van der Waals surface area contributed by atoms with E-state index >= 15 is 0 Å². The number of carbonyl (C=O) groups is 2. The van der Waals surface area contributed by atoms with Crippen LogP contribution >= 0.6 is 0 Å². The van der Waals surface area contributed by atoms with E-state index in [4.69, 9.17) is 23.7 Å². The summed E-state index contributed by atoms with van der Waals surface area (Å²) in [4.78, 5) is 30.8. The highest BCUT2D eigenvalue weighted by molar-refractivity contribution is 6.09. The molecule has 3 rings (SSSR count). The lowest BCUT2D eigenvalue weighted by molar-refractivity contribution is -0.147. The second-order valence-electron chi connectivity index (χ2n) is 7.43. The van der Waals surface area contributed by atoms with Crippen molar-refractivity contribution in [2.45, 2.75) is 32.1 Å². The van der Waals surface area contributed by atoms with E-state index in [1.165, 1.54) is 28.4 Å². The third kappa shape index (κ3) is 4.30. The van der Waals surface area contributed by atoms with Crippen molar-refractivity contribution in [1.29, 1.82) is 0 Å². The summed E-state index contributed by atoms with van der Waals surface area (Å²) >= 11 is 0. The number of hydrogen-bond donors (Lipinski definition) is 0. The molecule has 8 heteroatoms. The third-order valence-corrected chi connectivity index (χ3v) is 5.69. The molecule has 31 heavy (non-hydrogen) atoms. The zero-order chi connectivity index (χ0) is 22.5. The molecule has 0 saturated heterocycles. The quantitative estimate of drug-likeness (QED) is 0.461. The van der Waals surface area contributed by atoms with Gasteiger partial charge in [-0.25, -0.2) is 0 Å². The topological polar surface area (TPSA) is 92.7 Å². The van der Waals surface area contributed by atoms with E-state index < -0.39 is 17.8 Å². The zero-order valence-corrected chi connectivity index (χ0v) is 18.6. The van der Waals surface area contributed by atoms with Gasteiger partial charge in [0.1, 0.15) is 12.5 Å². The normalized spacial score (nSPS) is 20.7. The van der Waals surface area contributed by atoms with E-state index in [-0.39, 0.29) is 19.0 Å². The minimum absolute atomic E-state index is 0.00553. The van der Waals surface area contributed by atoms with Crippen molar-refractivity contribution in [3.63, 3.8) is 0 Å². The third-order valence-electron chi connectivity index (χ3n) is 5.69. The Labute approximate surface area is 182 Å². The van der Waals surface area contributed by atoms with Crippen LogP contribution in [0, 0.1) is 5.92 Å². The second-order valence-corrected chi connectivity index (χ2v) is 7.43. The molecule has 0 fully saturated rings. The van der Waals surface area contributed by atoms with Crippen molar-refractivity contribution >= 4 is 17.5 Å². The lowest BCUT2D eigenvalue weighted by atomic mass is 9.71. The maximum Gasteiger partial charge on any atom is 0.315 e. The molecule has 1 heterocycles. The Hall–Kier alpha value is -2.87. The predicted octanol–water partition coefficient (Wildman–Crippen LogP) is 3.08. The first kappa shape index (κ1) is 22.8. The number of ketones is 1. The van der Waals surface area contributed by atoms with E-state index in [1.807, 2.05) is 6.07 Å². The molecule has 0 N–H and O–H groups in total. The van der Waals surface area contributed by atoms with Gasteiger partial charge in [0.15, 0.2) is 17.3 Å². The van der Waals surface area contributed by atoms with Crippen LogP contribution < -0.4 is 14.2 Å². The number of nitrogens with zero attached hydrogens (tertiary/aromatic N) is 1. The fourth-order valence-corrected chi connectivity index (χ4v) is 4.33. The predicted molar refractivity (Wildman–Crippen MR) is 114 cm³/mol. The zero-order valence-electron chi connectivity index (χ0n) is 18.6. The smallest absolute Gasteiger partial charge is 0.315 e. The average Bonchev–Trinajstić information content (AvgIpc) is 2.77. The van der Waals surface area contributed by atoms with E-state index in [0.29, 0.717) is 46.9 Å². The lowest BCUT2D eigenvalue weighted by Crippen LogP contribution is -2.37. The Morgan fingerprint density at radius 1 is 1.03 bits per heavy atom. The van der Waals surface area contributed by atoms with Crippen LogP contribution in [-0.4, -0.2) is 59.1 Å². The largest absolute Gasteiger partial charge is 0.493 e. The highest BCUT2D eigenvalue weighted by Crippen LogP contribution is 2.50. The highest BCUT2D eigenvalue weighted by atomic mass is 16.6. The van der Waals surface area contributed by atoms with Crippen LogP contribution in [0.3, 0.4) is 0 Å². The first-order chi connectivity index (χ1) is 15.0. The van der Waals surface area contributed by atoms with Crippen molar-refractivity contribution < 1.29 is 33.3 Å². The van der Waals surface area contributed by atoms with Gasteiger partial charge in [0.2, 0.25) is 5.75 Å². The van der Waals surface area contributed by atoms with Crippen LogP contribution in [0.4, 0.5) is 0 Å². The van der Waals surface area contributed by atoms with E-state index in [2.05, 4.69) is 4.99 Å². The molecule has 8 nitrogen and oxygen atoms in total. The molecule has 1 aliphatic carbocycles. The van der Waals surface area contributed by atoms with Gasteiger partial charge in [0.25, 0.3) is 0 Å². The Morgan fingerprint density at radius 2 is 1.77 bits per heavy atom. The summed E-state index contributed by atoms with van der Waals surface area (Å²) in [6, 6.07) is 3.56. The summed E-state index contributed by atoms with van der Waals surface area (Å²) in [5.74, 6) is -0.498. The molecule has 0 amide bonds. The van der Waals surface area contributed by atoms with Gasteiger partial charge in [-0.15, -0.1) is 0 Å². The number of carbonyl (C=O) groups excluding carboxylic acids is 2. The van der Waals surface area contributed by atoms with Crippen LogP contribution in [0.2, 0.25) is 0 Å². The molecule has 1 aliphatic heterocycles. The molecule has 0 radical (unpaired) electrons. The van der Waals surface area contributed by atoms with Gasteiger partial charge in [-0.2, -0.15) is 0 Å². The van der Waals surface area contributed by atoms with Crippen LogP contribution in [0.25, 0.3) is 0 Å². The monoisotopic (exact) mass is 431 g/mol. The van der Waals surface area contributed by atoms with E-state index in [0.717, 1.165) is 12.1 Å². The van der Waals surface area contributed by atoms with Gasteiger partial charge in [-0.05, 0) is 25.8 Å². The summed E-state index contributed by atoms with van der Waals surface area (Å²) in [6.07, 6.45) is 1.86. The standard InChI is InChI=1S/C23H29NO7/c1-13-18(23(26)31-12-11-27-2)19(20-15(24-13)7-6-8-16(20)25)14-9-10-17(28-3)22(30-5)21(14)29-4/h9-10,18-19H,6-8,11-12H2,1-5H3/t18?,19-/m1/s1. The number of Topliss-reactive ketones (excluding diaryl/α,β-unsaturated/α-hetero) is 1. The van der Waals surface area contributed by atoms with Gasteiger partial charge >= 0.3 is 5.97 Å². The van der Waals surface area contributed by atoms with Crippen molar-refractivity contribution in [2.75, 3.05) is 41.7 Å². The van der Waals surface area contributed by atoms with Crippen LogP contribution in [-0.2, 0) is 19.1 Å². The number of rotatable bonds is 8. The second kappa shape index (κ2) is 9.96. The molecule has 1 aromatic rings. The first-order valence-corrected chi connectivity index (χ1v) is 10.2. The van der Waals surface area contributed by atoms with Crippen molar-refractivity contribution in [3.05, 3.63) is 29.0 Å². The number of benzene rings is 1. The summed E-state index contributed by atoms with van der Waals surface area (Å²) < 4.78 is 27.1. The fraction of sp³-hybridized carbons (Fsp3) is 0.522. The van der Waals surface area contributed by atoms with Crippen molar-refractivity contribution in [2.24, 2.45) is 10.9 Å². The molecule has 0 bridgehead atoms. The Balaban J connectivity index is 2.18. The number of ether oxygens (including phenoxy) is 5. The molecule has 1 aromatic carbocycles. The Kier molecular flexibility index (Phi) is 7.33. The van der Waals surface area contributed by atoms with Crippen LogP contribution in [0.15, 0.2) is 28.4 Å². The molecule has 0 aromatic heterocycles. The Bertz CT molecular complexity index is 919. The number of aliphatic imine (C=N–C) groups is 1.